The molecule has 130 valence electrons. The highest BCUT2D eigenvalue weighted by Gasteiger charge is 2.53. The summed E-state index contributed by atoms with van der Waals surface area (Å²) in [4.78, 5) is 29.4. The van der Waals surface area contributed by atoms with E-state index < -0.39 is 29.8 Å². The Morgan fingerprint density at radius 1 is 0.880 bits per heavy atom. The van der Waals surface area contributed by atoms with Crippen LogP contribution in [-0.2, 0) is 19.1 Å². The highest BCUT2D eigenvalue weighted by molar-refractivity contribution is 5.84. The summed E-state index contributed by atoms with van der Waals surface area (Å²) in [6.07, 6.45) is 1.66. The molecule has 2 heterocycles. The van der Waals surface area contributed by atoms with Crippen LogP contribution in [0.3, 0.4) is 0 Å². The smallest absolute Gasteiger partial charge is 0.311 e. The van der Waals surface area contributed by atoms with Gasteiger partial charge in [0.2, 0.25) is 0 Å². The number of nitrogens with one attached hydrogen (secondary N) is 1. The molecular formula is C19H20N2O4. The summed E-state index contributed by atoms with van der Waals surface area (Å²) < 4.78 is 9.97. The first-order valence-electron chi connectivity index (χ1n) is 8.05. The van der Waals surface area contributed by atoms with Gasteiger partial charge in [-0.05, 0) is 17.7 Å². The Bertz CT molecular complexity index is 672. The zero-order chi connectivity index (χ0) is 17.8. The third kappa shape index (κ3) is 3.25. The van der Waals surface area contributed by atoms with Crippen LogP contribution in [0.5, 0.6) is 0 Å². The average Bonchev–Trinajstić information content (AvgIpc) is 3.08. The number of benzene rings is 1. The van der Waals surface area contributed by atoms with E-state index in [0.717, 1.165) is 5.56 Å². The lowest BCUT2D eigenvalue weighted by molar-refractivity contribution is -0.157. The number of methoxy groups -OCH3 is 2. The number of hydrogen-bond acceptors (Lipinski definition) is 6. The molecule has 1 aliphatic rings. The van der Waals surface area contributed by atoms with Gasteiger partial charge >= 0.3 is 11.9 Å². The first kappa shape index (κ1) is 17.1. The number of nitrogens with zero attached hydrogens (tertiary/aromatic N) is 1. The molecule has 25 heavy (non-hydrogen) atoms. The van der Waals surface area contributed by atoms with E-state index in [1.54, 1.807) is 12.3 Å². The van der Waals surface area contributed by atoms with Crippen LogP contribution in [0, 0.1) is 11.8 Å². The SMILES string of the molecule is COC(=O)[C@H]1[C@H](C(=O)OC)[C@H](c2ccccn2)N[C@@H]1c1ccccc1. The molecule has 0 spiro atoms. The quantitative estimate of drug-likeness (QED) is 0.859. The second-order valence-corrected chi connectivity index (χ2v) is 5.89. The van der Waals surface area contributed by atoms with Gasteiger partial charge in [-0.2, -0.15) is 0 Å². The fourth-order valence-corrected chi connectivity index (χ4v) is 3.45. The topological polar surface area (TPSA) is 77.5 Å². The van der Waals surface area contributed by atoms with Gasteiger partial charge in [-0.25, -0.2) is 0 Å². The van der Waals surface area contributed by atoms with Crippen LogP contribution in [0.4, 0.5) is 0 Å². The second kappa shape index (κ2) is 7.44. The van der Waals surface area contributed by atoms with Gasteiger partial charge in [0.1, 0.15) is 0 Å². The van der Waals surface area contributed by atoms with Crippen molar-refractivity contribution in [2.24, 2.45) is 11.8 Å². The molecule has 2 aromatic rings. The lowest BCUT2D eigenvalue weighted by atomic mass is 9.83. The summed E-state index contributed by atoms with van der Waals surface area (Å²) >= 11 is 0. The van der Waals surface area contributed by atoms with Crippen molar-refractivity contribution in [2.75, 3.05) is 14.2 Å². The summed E-state index contributed by atoms with van der Waals surface area (Å²) in [7, 11) is 2.65. The molecule has 6 heteroatoms. The standard InChI is InChI=1S/C19H20N2O4/c1-24-18(22)14-15(19(23)25-2)17(13-10-6-7-11-20-13)21-16(14)12-8-4-3-5-9-12/h3-11,14-17,21H,1-2H3/t14-,15-,16+,17-/m0/s1. The Balaban J connectivity index is 2.07. The highest BCUT2D eigenvalue weighted by Crippen LogP contribution is 2.44. The molecule has 0 bridgehead atoms. The van der Waals surface area contributed by atoms with Crippen molar-refractivity contribution in [3.63, 3.8) is 0 Å². The Morgan fingerprint density at radius 3 is 2.04 bits per heavy atom. The molecule has 0 radical (unpaired) electrons. The van der Waals surface area contributed by atoms with Crippen molar-refractivity contribution in [3.05, 3.63) is 66.0 Å². The summed E-state index contributed by atoms with van der Waals surface area (Å²) in [5.74, 6) is -2.34. The van der Waals surface area contributed by atoms with E-state index >= 15 is 0 Å². The van der Waals surface area contributed by atoms with E-state index in [1.807, 2.05) is 42.5 Å². The molecule has 0 saturated carbocycles. The molecule has 1 N–H and O–H groups in total. The number of pyridine rings is 1. The fraction of sp³-hybridized carbons (Fsp3) is 0.316. The average molecular weight is 340 g/mol. The van der Waals surface area contributed by atoms with E-state index in [2.05, 4.69) is 10.3 Å². The van der Waals surface area contributed by atoms with Gasteiger partial charge in [0.15, 0.2) is 0 Å². The Labute approximate surface area is 146 Å². The maximum atomic E-state index is 12.5. The minimum Gasteiger partial charge on any atom is -0.469 e. The van der Waals surface area contributed by atoms with E-state index in [0.29, 0.717) is 5.69 Å². The Morgan fingerprint density at radius 2 is 1.48 bits per heavy atom. The normalized spacial score (nSPS) is 25.4. The van der Waals surface area contributed by atoms with Gasteiger partial charge in [-0.3, -0.25) is 14.6 Å². The summed E-state index contributed by atoms with van der Waals surface area (Å²) in [6, 6.07) is 14.2. The number of aromatic nitrogens is 1. The van der Waals surface area contributed by atoms with Gasteiger partial charge in [-0.1, -0.05) is 36.4 Å². The molecule has 1 aliphatic heterocycles. The van der Waals surface area contributed by atoms with Gasteiger partial charge in [0.05, 0.1) is 37.8 Å². The highest BCUT2D eigenvalue weighted by atomic mass is 16.5. The summed E-state index contributed by atoms with van der Waals surface area (Å²) in [6.45, 7) is 0. The zero-order valence-corrected chi connectivity index (χ0v) is 14.1. The molecule has 0 amide bonds. The van der Waals surface area contributed by atoms with Crippen molar-refractivity contribution in [1.29, 1.82) is 0 Å². The van der Waals surface area contributed by atoms with E-state index in [-0.39, 0.29) is 6.04 Å². The lowest BCUT2D eigenvalue weighted by Crippen LogP contribution is -2.32. The second-order valence-electron chi connectivity index (χ2n) is 5.89. The zero-order valence-electron chi connectivity index (χ0n) is 14.1. The molecule has 1 fully saturated rings. The Kier molecular flexibility index (Phi) is 5.09. The van der Waals surface area contributed by atoms with Crippen LogP contribution in [0.25, 0.3) is 0 Å². The van der Waals surface area contributed by atoms with Gasteiger partial charge in [0.25, 0.3) is 0 Å². The van der Waals surface area contributed by atoms with Crippen LogP contribution in [0.1, 0.15) is 23.3 Å². The van der Waals surface area contributed by atoms with Crippen LogP contribution in [0.2, 0.25) is 0 Å². The molecule has 4 atom stereocenters. The number of carbonyl (C=O) groups is 2. The third-order valence-electron chi connectivity index (χ3n) is 4.58. The fourth-order valence-electron chi connectivity index (χ4n) is 3.45. The predicted molar refractivity (Wildman–Crippen MR) is 90.3 cm³/mol. The molecule has 1 saturated heterocycles. The van der Waals surface area contributed by atoms with Crippen molar-refractivity contribution in [3.8, 4) is 0 Å². The maximum absolute atomic E-state index is 12.5. The number of hydrogen-bond donors (Lipinski definition) is 1. The van der Waals surface area contributed by atoms with Crippen LogP contribution in [-0.4, -0.2) is 31.1 Å². The predicted octanol–water partition coefficient (Wildman–Crippen LogP) is 2.05. The van der Waals surface area contributed by atoms with Crippen molar-refractivity contribution in [2.45, 2.75) is 12.1 Å². The first-order valence-corrected chi connectivity index (χ1v) is 8.05. The van der Waals surface area contributed by atoms with Crippen LogP contribution in [0.15, 0.2) is 54.7 Å². The largest absolute Gasteiger partial charge is 0.469 e. The number of esters is 2. The van der Waals surface area contributed by atoms with Gasteiger partial charge in [0, 0.05) is 12.2 Å². The van der Waals surface area contributed by atoms with Gasteiger partial charge < -0.3 is 14.8 Å². The Hall–Kier alpha value is -2.73. The van der Waals surface area contributed by atoms with E-state index in [4.69, 9.17) is 9.47 Å². The lowest BCUT2D eigenvalue weighted by Gasteiger charge is -2.21. The molecule has 1 aromatic carbocycles. The molecule has 6 nitrogen and oxygen atoms in total. The molecule has 3 rings (SSSR count). The van der Waals surface area contributed by atoms with Gasteiger partial charge in [-0.15, -0.1) is 0 Å². The minimum absolute atomic E-state index is 0.371. The first-order chi connectivity index (χ1) is 12.2. The number of rotatable bonds is 4. The number of carbonyl (C=O) groups excluding carboxylic acids is 2. The van der Waals surface area contributed by atoms with Crippen LogP contribution < -0.4 is 5.32 Å². The molecular weight excluding hydrogens is 320 g/mol. The molecule has 1 aromatic heterocycles. The van der Waals surface area contributed by atoms with E-state index in [9.17, 15) is 9.59 Å². The van der Waals surface area contributed by atoms with Crippen molar-refractivity contribution in [1.82, 2.24) is 10.3 Å². The van der Waals surface area contributed by atoms with Crippen LogP contribution >= 0.6 is 0 Å². The minimum atomic E-state index is -0.724. The van der Waals surface area contributed by atoms with Crippen molar-refractivity contribution >= 4 is 11.9 Å². The third-order valence-corrected chi connectivity index (χ3v) is 4.58. The van der Waals surface area contributed by atoms with E-state index in [1.165, 1.54) is 14.2 Å². The molecule has 0 unspecified atom stereocenters. The summed E-state index contributed by atoms with van der Waals surface area (Å²) in [5.41, 5.74) is 1.59. The maximum Gasteiger partial charge on any atom is 0.311 e. The monoisotopic (exact) mass is 340 g/mol. The molecule has 0 aliphatic carbocycles. The van der Waals surface area contributed by atoms with Crippen molar-refractivity contribution < 1.29 is 19.1 Å². The number of ether oxygens (including phenoxy) is 2. The summed E-state index contributed by atoms with van der Waals surface area (Å²) in [5, 5.41) is 3.39.